The van der Waals surface area contributed by atoms with Crippen LogP contribution >= 0.6 is 0 Å². The van der Waals surface area contributed by atoms with Crippen molar-refractivity contribution in [1.29, 1.82) is 0 Å². The normalized spacial score (nSPS) is 19.3. The average molecular weight is 348 g/mol. The van der Waals surface area contributed by atoms with Gasteiger partial charge in [0.05, 0.1) is 23.8 Å². The molecular formula is C17H24N4O2S. The van der Waals surface area contributed by atoms with Gasteiger partial charge < -0.3 is 4.90 Å². The van der Waals surface area contributed by atoms with Crippen LogP contribution < -0.4 is 4.72 Å². The number of H-pyrrole nitrogens is 1. The minimum absolute atomic E-state index is 0.279. The number of nitrogens with zero attached hydrogens (tertiary/aromatic N) is 2. The molecular weight excluding hydrogens is 324 g/mol. The first-order valence-corrected chi connectivity index (χ1v) is 10.2. The van der Waals surface area contributed by atoms with Gasteiger partial charge in [-0.05, 0) is 31.4 Å². The second-order valence-corrected chi connectivity index (χ2v) is 8.20. The molecule has 0 saturated carbocycles. The predicted molar refractivity (Wildman–Crippen MR) is 95.6 cm³/mol. The van der Waals surface area contributed by atoms with E-state index in [9.17, 15) is 8.42 Å². The van der Waals surface area contributed by atoms with Crippen LogP contribution in [0.15, 0.2) is 36.5 Å². The van der Waals surface area contributed by atoms with Crippen molar-refractivity contribution in [2.45, 2.75) is 25.2 Å². The van der Waals surface area contributed by atoms with Gasteiger partial charge in [0, 0.05) is 19.0 Å². The largest absolute Gasteiger partial charge is 0.302 e. The van der Waals surface area contributed by atoms with Crippen LogP contribution in [0.1, 0.15) is 30.0 Å². The van der Waals surface area contributed by atoms with Crippen LogP contribution in [0.4, 0.5) is 5.69 Å². The molecule has 3 rings (SSSR count). The quantitative estimate of drug-likeness (QED) is 0.839. The lowest BCUT2D eigenvalue weighted by Crippen LogP contribution is -2.36. The maximum absolute atomic E-state index is 11.5. The number of hydrogen-bond acceptors (Lipinski definition) is 4. The highest BCUT2D eigenvalue weighted by Gasteiger charge is 2.25. The summed E-state index contributed by atoms with van der Waals surface area (Å²) in [5.74, 6) is 0.279. The first-order chi connectivity index (χ1) is 11.5. The van der Waals surface area contributed by atoms with E-state index in [0.717, 1.165) is 50.8 Å². The SMILES string of the molecule is CS(=O)(=O)Nc1cn[nH]c1[C@H]1CCCN(CCc2ccccc2)C1. The Balaban J connectivity index is 1.62. The van der Waals surface area contributed by atoms with Gasteiger partial charge >= 0.3 is 0 Å². The van der Waals surface area contributed by atoms with E-state index in [1.54, 1.807) is 6.20 Å². The zero-order valence-electron chi connectivity index (χ0n) is 13.9. The number of sulfonamides is 1. The second-order valence-electron chi connectivity index (χ2n) is 6.45. The van der Waals surface area contributed by atoms with Gasteiger partial charge in [-0.3, -0.25) is 9.82 Å². The molecule has 6 nitrogen and oxygen atoms in total. The van der Waals surface area contributed by atoms with E-state index in [4.69, 9.17) is 0 Å². The molecule has 24 heavy (non-hydrogen) atoms. The Morgan fingerprint density at radius 1 is 1.33 bits per heavy atom. The van der Waals surface area contributed by atoms with Gasteiger partial charge in [-0.1, -0.05) is 30.3 Å². The number of hydrogen-bond donors (Lipinski definition) is 2. The topological polar surface area (TPSA) is 78.1 Å². The summed E-state index contributed by atoms with van der Waals surface area (Å²) >= 11 is 0. The molecule has 130 valence electrons. The Bertz CT molecular complexity index is 758. The zero-order chi connectivity index (χ0) is 17.0. The number of anilines is 1. The van der Waals surface area contributed by atoms with Gasteiger partial charge in [0.15, 0.2) is 0 Å². The van der Waals surface area contributed by atoms with Crippen LogP contribution in [0.3, 0.4) is 0 Å². The maximum atomic E-state index is 11.5. The average Bonchev–Trinajstić information content (AvgIpc) is 3.00. The summed E-state index contributed by atoms with van der Waals surface area (Å²) in [6.07, 6.45) is 5.90. The van der Waals surface area contributed by atoms with E-state index >= 15 is 0 Å². The predicted octanol–water partition coefficient (Wildman–Crippen LogP) is 2.20. The van der Waals surface area contributed by atoms with Crippen LogP contribution in [-0.2, 0) is 16.4 Å². The molecule has 7 heteroatoms. The monoisotopic (exact) mass is 348 g/mol. The molecule has 1 aliphatic heterocycles. The number of piperidine rings is 1. The third kappa shape index (κ3) is 4.58. The Morgan fingerprint density at radius 3 is 2.88 bits per heavy atom. The molecule has 0 bridgehead atoms. The molecule has 1 aromatic heterocycles. The van der Waals surface area contributed by atoms with Crippen molar-refractivity contribution >= 4 is 15.7 Å². The fourth-order valence-electron chi connectivity index (χ4n) is 3.31. The van der Waals surface area contributed by atoms with Gasteiger partial charge in [0.1, 0.15) is 0 Å². The number of benzene rings is 1. The maximum Gasteiger partial charge on any atom is 0.229 e. The summed E-state index contributed by atoms with van der Waals surface area (Å²) in [6.45, 7) is 3.03. The van der Waals surface area contributed by atoms with Crippen molar-refractivity contribution in [3.8, 4) is 0 Å². The first-order valence-electron chi connectivity index (χ1n) is 8.28. The number of nitrogens with one attached hydrogen (secondary N) is 2. The Labute approximate surface area is 143 Å². The van der Waals surface area contributed by atoms with Crippen LogP contribution in [0.2, 0.25) is 0 Å². The smallest absolute Gasteiger partial charge is 0.229 e. The standard InChI is InChI=1S/C17H24N4O2S/c1-24(22,23)20-16-12-18-19-17(16)15-8-5-10-21(13-15)11-9-14-6-3-2-4-7-14/h2-4,6-7,12,15,20H,5,8-11,13H2,1H3,(H,18,19)/t15-/m0/s1. The third-order valence-corrected chi connectivity index (χ3v) is 5.03. The summed E-state index contributed by atoms with van der Waals surface area (Å²) in [5.41, 5.74) is 2.82. The Morgan fingerprint density at radius 2 is 2.12 bits per heavy atom. The highest BCUT2D eigenvalue weighted by molar-refractivity contribution is 7.92. The molecule has 1 atom stereocenters. The van der Waals surface area contributed by atoms with Crippen LogP contribution in [-0.4, -0.2) is 49.4 Å². The van der Waals surface area contributed by atoms with E-state index in [1.807, 2.05) is 6.07 Å². The van der Waals surface area contributed by atoms with Crippen LogP contribution in [0, 0.1) is 0 Å². The minimum atomic E-state index is -3.29. The van der Waals surface area contributed by atoms with E-state index < -0.39 is 10.0 Å². The highest BCUT2D eigenvalue weighted by Crippen LogP contribution is 2.30. The molecule has 1 fully saturated rings. The molecule has 0 unspecified atom stereocenters. The molecule has 0 aliphatic carbocycles. The van der Waals surface area contributed by atoms with Gasteiger partial charge in [-0.15, -0.1) is 0 Å². The summed E-state index contributed by atoms with van der Waals surface area (Å²) < 4.78 is 25.5. The molecule has 0 radical (unpaired) electrons. The van der Waals surface area contributed by atoms with E-state index in [-0.39, 0.29) is 5.92 Å². The molecule has 0 amide bonds. The van der Waals surface area contributed by atoms with E-state index in [1.165, 1.54) is 5.56 Å². The molecule has 1 aromatic carbocycles. The lowest BCUT2D eigenvalue weighted by atomic mass is 9.94. The van der Waals surface area contributed by atoms with Crippen molar-refractivity contribution in [3.63, 3.8) is 0 Å². The van der Waals surface area contributed by atoms with Gasteiger partial charge in [0.2, 0.25) is 10.0 Å². The summed E-state index contributed by atoms with van der Waals surface area (Å²) in [6, 6.07) is 10.5. The highest BCUT2D eigenvalue weighted by atomic mass is 32.2. The fraction of sp³-hybridized carbons (Fsp3) is 0.471. The van der Waals surface area contributed by atoms with Gasteiger partial charge in [-0.25, -0.2) is 8.42 Å². The van der Waals surface area contributed by atoms with E-state index in [2.05, 4.69) is 44.1 Å². The molecule has 2 heterocycles. The summed E-state index contributed by atoms with van der Waals surface area (Å²) in [7, 11) is -3.29. The lowest BCUT2D eigenvalue weighted by molar-refractivity contribution is 0.208. The van der Waals surface area contributed by atoms with Gasteiger partial charge in [-0.2, -0.15) is 5.10 Å². The second kappa shape index (κ2) is 7.36. The molecule has 1 aliphatic rings. The third-order valence-electron chi connectivity index (χ3n) is 4.44. The molecule has 0 spiro atoms. The number of aromatic amines is 1. The lowest BCUT2D eigenvalue weighted by Gasteiger charge is -2.32. The first kappa shape index (κ1) is 17.0. The van der Waals surface area contributed by atoms with Gasteiger partial charge in [0.25, 0.3) is 0 Å². The molecule has 2 aromatic rings. The zero-order valence-corrected chi connectivity index (χ0v) is 14.7. The van der Waals surface area contributed by atoms with Crippen molar-refractivity contribution < 1.29 is 8.42 Å². The van der Waals surface area contributed by atoms with Crippen molar-refractivity contribution in [2.75, 3.05) is 30.6 Å². The Kier molecular flexibility index (Phi) is 5.20. The van der Waals surface area contributed by atoms with Crippen LogP contribution in [0.25, 0.3) is 0 Å². The number of likely N-dealkylation sites (tertiary alicyclic amines) is 1. The van der Waals surface area contributed by atoms with Crippen molar-refractivity contribution in [2.24, 2.45) is 0 Å². The van der Waals surface area contributed by atoms with Crippen LogP contribution in [0.5, 0.6) is 0 Å². The fourth-order valence-corrected chi connectivity index (χ4v) is 3.88. The van der Waals surface area contributed by atoms with E-state index in [0.29, 0.717) is 5.69 Å². The molecule has 2 N–H and O–H groups in total. The summed E-state index contributed by atoms with van der Waals surface area (Å²) in [4.78, 5) is 2.45. The number of aromatic nitrogens is 2. The molecule has 1 saturated heterocycles. The summed E-state index contributed by atoms with van der Waals surface area (Å²) in [5, 5.41) is 7.02. The van der Waals surface area contributed by atoms with Crippen molar-refractivity contribution in [1.82, 2.24) is 15.1 Å². The Hall–Kier alpha value is -1.86. The minimum Gasteiger partial charge on any atom is -0.302 e. The van der Waals surface area contributed by atoms with Crippen molar-refractivity contribution in [3.05, 3.63) is 47.8 Å². The number of rotatable bonds is 6.